The fourth-order valence-corrected chi connectivity index (χ4v) is 5.08. The van der Waals surface area contributed by atoms with Crippen molar-refractivity contribution < 1.29 is 9.53 Å². The van der Waals surface area contributed by atoms with Crippen LogP contribution in [0.5, 0.6) is 5.75 Å². The van der Waals surface area contributed by atoms with Crippen molar-refractivity contribution >= 4 is 17.3 Å². The van der Waals surface area contributed by atoms with E-state index in [1.54, 1.807) is 7.11 Å². The molecule has 162 valence electrons. The van der Waals surface area contributed by atoms with Crippen LogP contribution in [0.1, 0.15) is 46.8 Å². The van der Waals surface area contributed by atoms with E-state index >= 15 is 0 Å². The van der Waals surface area contributed by atoms with Gasteiger partial charge >= 0.3 is 0 Å². The van der Waals surface area contributed by atoms with Gasteiger partial charge in [-0.15, -0.1) is 0 Å². The van der Waals surface area contributed by atoms with Gasteiger partial charge in [-0.3, -0.25) is 4.79 Å². The van der Waals surface area contributed by atoms with Crippen LogP contribution in [0, 0.1) is 5.92 Å². The third kappa shape index (κ3) is 3.56. The molecular formula is C28H28N2O2. The number of hydrogen-bond donors (Lipinski definition) is 1. The zero-order chi connectivity index (χ0) is 22.1. The summed E-state index contributed by atoms with van der Waals surface area (Å²) >= 11 is 0. The molecule has 3 aromatic rings. The molecule has 0 aromatic heterocycles. The number of ether oxygens (including phenoxy) is 1. The molecule has 2 aliphatic rings. The molecule has 3 unspecified atom stereocenters. The lowest BCUT2D eigenvalue weighted by Gasteiger charge is -2.38. The fourth-order valence-electron chi connectivity index (χ4n) is 5.08. The summed E-state index contributed by atoms with van der Waals surface area (Å²) in [5, 5.41) is 3.76. The lowest BCUT2D eigenvalue weighted by molar-refractivity contribution is 0.0988. The van der Waals surface area contributed by atoms with Crippen molar-refractivity contribution in [2.45, 2.75) is 25.3 Å². The van der Waals surface area contributed by atoms with E-state index in [-0.39, 0.29) is 11.9 Å². The van der Waals surface area contributed by atoms with E-state index in [9.17, 15) is 4.79 Å². The van der Waals surface area contributed by atoms with Crippen LogP contribution in [-0.2, 0) is 0 Å². The summed E-state index contributed by atoms with van der Waals surface area (Å²) in [4.78, 5) is 15.2. The summed E-state index contributed by atoms with van der Waals surface area (Å²) in [6.07, 6.45) is 5.61. The zero-order valence-corrected chi connectivity index (χ0v) is 18.5. The highest BCUT2D eigenvalue weighted by molar-refractivity contribution is 6.06. The van der Waals surface area contributed by atoms with E-state index < -0.39 is 0 Å². The number of benzene rings is 3. The van der Waals surface area contributed by atoms with Crippen molar-refractivity contribution in [3.8, 4) is 5.75 Å². The van der Waals surface area contributed by atoms with Gasteiger partial charge in [-0.1, -0.05) is 42.5 Å². The highest BCUT2D eigenvalue weighted by Gasteiger charge is 2.38. The maximum atomic E-state index is 13.4. The molecule has 5 rings (SSSR count). The molecule has 4 nitrogen and oxygen atoms in total. The van der Waals surface area contributed by atoms with E-state index in [0.717, 1.165) is 29.1 Å². The lowest BCUT2D eigenvalue weighted by atomic mass is 9.76. The zero-order valence-electron chi connectivity index (χ0n) is 18.5. The first-order valence-electron chi connectivity index (χ1n) is 11.3. The molecule has 0 fully saturated rings. The van der Waals surface area contributed by atoms with Crippen LogP contribution in [0.4, 0.5) is 11.4 Å². The Balaban J connectivity index is 1.47. The Bertz CT molecular complexity index is 1140. The predicted octanol–water partition coefficient (Wildman–Crippen LogP) is 6.19. The molecule has 0 saturated heterocycles. The summed E-state index contributed by atoms with van der Waals surface area (Å²) in [5.74, 6) is 1.64. The number of nitrogens with zero attached hydrogens (tertiary/aromatic N) is 1. The normalized spacial score (nSPS) is 20.8. The average molecular weight is 425 g/mol. The Morgan fingerprint density at radius 3 is 2.56 bits per heavy atom. The van der Waals surface area contributed by atoms with Crippen molar-refractivity contribution in [2.24, 2.45) is 5.92 Å². The second-order valence-corrected chi connectivity index (χ2v) is 8.44. The number of carbonyl (C=O) groups is 1. The minimum atomic E-state index is 0.0392. The summed E-state index contributed by atoms with van der Waals surface area (Å²) in [7, 11) is 1.69. The number of fused-ring (bicyclic) bond motifs is 3. The van der Waals surface area contributed by atoms with Gasteiger partial charge in [0.25, 0.3) is 5.91 Å². The molecule has 1 N–H and O–H groups in total. The quantitative estimate of drug-likeness (QED) is 0.497. The maximum absolute atomic E-state index is 13.4. The first-order valence-corrected chi connectivity index (χ1v) is 11.3. The van der Waals surface area contributed by atoms with Gasteiger partial charge in [-0.05, 0) is 72.9 Å². The van der Waals surface area contributed by atoms with Crippen LogP contribution < -0.4 is 15.0 Å². The van der Waals surface area contributed by atoms with Gasteiger partial charge in [0.1, 0.15) is 5.75 Å². The van der Waals surface area contributed by atoms with Crippen LogP contribution in [0.2, 0.25) is 0 Å². The minimum Gasteiger partial charge on any atom is -0.497 e. The number of anilines is 2. The van der Waals surface area contributed by atoms with Crippen molar-refractivity contribution in [1.29, 1.82) is 0 Å². The molecule has 0 radical (unpaired) electrons. The van der Waals surface area contributed by atoms with Crippen molar-refractivity contribution in [3.05, 3.63) is 102 Å². The molecule has 1 heterocycles. The molecule has 4 heteroatoms. The number of hydrogen-bond acceptors (Lipinski definition) is 3. The molecule has 3 atom stereocenters. The SMILES string of the molecule is CCN(C(=O)c1ccc2c(c1)C1C=CCC1C(c1ccc(OC)cc1)N2)c1ccccc1. The minimum absolute atomic E-state index is 0.0392. The monoisotopic (exact) mass is 424 g/mol. The second-order valence-electron chi connectivity index (χ2n) is 8.44. The molecule has 3 aromatic carbocycles. The average Bonchev–Trinajstić information content (AvgIpc) is 3.35. The number of para-hydroxylation sites is 1. The second kappa shape index (κ2) is 8.54. The summed E-state index contributed by atoms with van der Waals surface area (Å²) in [5.41, 5.74) is 5.24. The smallest absolute Gasteiger partial charge is 0.258 e. The van der Waals surface area contributed by atoms with Gasteiger partial charge in [0.05, 0.1) is 13.2 Å². The van der Waals surface area contributed by atoms with Gasteiger partial charge in [0.2, 0.25) is 0 Å². The van der Waals surface area contributed by atoms with Crippen LogP contribution in [-0.4, -0.2) is 19.6 Å². The van der Waals surface area contributed by atoms with Crippen molar-refractivity contribution in [2.75, 3.05) is 23.9 Å². The molecule has 32 heavy (non-hydrogen) atoms. The predicted molar refractivity (Wildman–Crippen MR) is 130 cm³/mol. The van der Waals surface area contributed by atoms with E-state index in [2.05, 4.69) is 41.7 Å². The summed E-state index contributed by atoms with van der Waals surface area (Å²) in [6, 6.07) is 24.5. The summed E-state index contributed by atoms with van der Waals surface area (Å²) in [6.45, 7) is 2.64. The molecule has 1 amide bonds. The molecule has 0 spiro atoms. The number of allylic oxidation sites excluding steroid dienone is 2. The Kier molecular flexibility index (Phi) is 5.44. The number of amides is 1. The molecule has 1 aliphatic carbocycles. The largest absolute Gasteiger partial charge is 0.497 e. The number of carbonyl (C=O) groups excluding carboxylic acids is 1. The Hall–Kier alpha value is -3.53. The van der Waals surface area contributed by atoms with Crippen LogP contribution >= 0.6 is 0 Å². The Labute approximate surface area is 189 Å². The number of nitrogens with one attached hydrogen (secondary N) is 1. The Morgan fingerprint density at radius 1 is 1.06 bits per heavy atom. The fraction of sp³-hybridized carbons (Fsp3) is 0.250. The molecule has 0 bridgehead atoms. The van der Waals surface area contributed by atoms with Crippen molar-refractivity contribution in [1.82, 2.24) is 0 Å². The van der Waals surface area contributed by atoms with Gasteiger partial charge in [0, 0.05) is 29.4 Å². The highest BCUT2D eigenvalue weighted by Crippen LogP contribution is 2.50. The highest BCUT2D eigenvalue weighted by atomic mass is 16.5. The van der Waals surface area contributed by atoms with Gasteiger partial charge in [-0.25, -0.2) is 0 Å². The van der Waals surface area contributed by atoms with Gasteiger partial charge < -0.3 is 15.0 Å². The Morgan fingerprint density at radius 2 is 1.84 bits per heavy atom. The molecular weight excluding hydrogens is 396 g/mol. The van der Waals surface area contributed by atoms with Crippen molar-refractivity contribution in [3.63, 3.8) is 0 Å². The number of methoxy groups -OCH3 is 1. The van der Waals surface area contributed by atoms with Gasteiger partial charge in [0.15, 0.2) is 0 Å². The van der Waals surface area contributed by atoms with E-state index in [4.69, 9.17) is 4.74 Å². The van der Waals surface area contributed by atoms with Crippen LogP contribution in [0.15, 0.2) is 84.9 Å². The standard InChI is InChI=1S/C28H28N2O2/c1-3-30(21-8-5-4-6-9-21)28(31)20-14-17-26-25(18-20)23-10-7-11-24(23)27(29-26)19-12-15-22(32-2)16-13-19/h4-10,12-18,23-24,27,29H,3,11H2,1-2H3. The van der Waals surface area contributed by atoms with E-state index in [1.165, 1.54) is 11.1 Å². The van der Waals surface area contributed by atoms with E-state index in [1.807, 2.05) is 60.4 Å². The topological polar surface area (TPSA) is 41.6 Å². The number of rotatable bonds is 5. The van der Waals surface area contributed by atoms with Crippen LogP contribution in [0.25, 0.3) is 0 Å². The third-order valence-electron chi connectivity index (χ3n) is 6.71. The first-order chi connectivity index (χ1) is 15.7. The maximum Gasteiger partial charge on any atom is 0.258 e. The van der Waals surface area contributed by atoms with E-state index in [0.29, 0.717) is 18.4 Å². The van der Waals surface area contributed by atoms with Gasteiger partial charge in [-0.2, -0.15) is 0 Å². The first kappa shape index (κ1) is 20.4. The lowest BCUT2D eigenvalue weighted by Crippen LogP contribution is -2.32. The summed E-state index contributed by atoms with van der Waals surface area (Å²) < 4.78 is 5.33. The molecule has 1 aliphatic heterocycles. The van der Waals surface area contributed by atoms with Crippen LogP contribution in [0.3, 0.4) is 0 Å². The molecule has 0 saturated carbocycles. The third-order valence-corrected chi connectivity index (χ3v) is 6.71.